The van der Waals surface area contributed by atoms with Crippen LogP contribution in [-0.2, 0) is 4.74 Å². The minimum Gasteiger partial charge on any atom is -0.379 e. The molecule has 1 aliphatic carbocycles. The summed E-state index contributed by atoms with van der Waals surface area (Å²) in [4.78, 5) is 14.6. The third-order valence-corrected chi connectivity index (χ3v) is 4.50. The summed E-state index contributed by atoms with van der Waals surface area (Å²) in [6, 6.07) is 2.11. The van der Waals surface area contributed by atoms with Gasteiger partial charge >= 0.3 is 0 Å². The lowest BCUT2D eigenvalue weighted by Crippen LogP contribution is -2.51. The maximum absolute atomic E-state index is 12.2. The molecule has 0 spiro atoms. The molecule has 0 aromatic carbocycles. The average Bonchev–Trinajstić information content (AvgIpc) is 3.25. The molecular formula is C16H25N3O3. The van der Waals surface area contributed by atoms with Crippen LogP contribution in [0.1, 0.15) is 48.9 Å². The van der Waals surface area contributed by atoms with Crippen LogP contribution in [0.2, 0.25) is 0 Å². The smallest absolute Gasteiger partial charge is 0.273 e. The highest BCUT2D eigenvalue weighted by Gasteiger charge is 2.29. The van der Waals surface area contributed by atoms with Gasteiger partial charge in [-0.1, -0.05) is 19.0 Å². The second-order valence-corrected chi connectivity index (χ2v) is 6.56. The van der Waals surface area contributed by atoms with Crippen molar-refractivity contribution < 1.29 is 14.1 Å². The van der Waals surface area contributed by atoms with E-state index in [2.05, 4.69) is 29.2 Å². The van der Waals surface area contributed by atoms with Gasteiger partial charge in [0.25, 0.3) is 5.91 Å². The molecular weight excluding hydrogens is 282 g/mol. The van der Waals surface area contributed by atoms with Crippen LogP contribution in [-0.4, -0.2) is 54.9 Å². The minimum atomic E-state index is -0.144. The van der Waals surface area contributed by atoms with E-state index < -0.39 is 0 Å². The second kappa shape index (κ2) is 6.79. The minimum absolute atomic E-state index is 0.144. The van der Waals surface area contributed by atoms with Crippen molar-refractivity contribution in [2.75, 3.05) is 32.8 Å². The number of nitrogens with zero attached hydrogens (tertiary/aromatic N) is 2. The molecule has 0 bridgehead atoms. The topological polar surface area (TPSA) is 67.6 Å². The Morgan fingerprint density at radius 2 is 2.14 bits per heavy atom. The van der Waals surface area contributed by atoms with E-state index in [0.717, 1.165) is 44.9 Å². The zero-order chi connectivity index (χ0) is 15.5. The Morgan fingerprint density at radius 3 is 2.77 bits per heavy atom. The summed E-state index contributed by atoms with van der Waals surface area (Å²) in [6.45, 7) is 8.39. The molecule has 22 heavy (non-hydrogen) atoms. The van der Waals surface area contributed by atoms with Crippen LogP contribution >= 0.6 is 0 Å². The maximum atomic E-state index is 12.2. The molecule has 1 atom stereocenters. The predicted molar refractivity (Wildman–Crippen MR) is 81.8 cm³/mol. The van der Waals surface area contributed by atoms with Crippen LogP contribution in [0.4, 0.5) is 0 Å². The number of morpholine rings is 1. The first kappa shape index (κ1) is 15.5. The molecule has 6 nitrogen and oxygen atoms in total. The largest absolute Gasteiger partial charge is 0.379 e. The molecule has 2 aliphatic rings. The Labute approximate surface area is 131 Å². The first-order valence-electron chi connectivity index (χ1n) is 8.21. The highest BCUT2D eigenvalue weighted by atomic mass is 16.5. The monoisotopic (exact) mass is 307 g/mol. The number of aromatic nitrogens is 1. The zero-order valence-corrected chi connectivity index (χ0v) is 13.4. The van der Waals surface area contributed by atoms with E-state index in [0.29, 0.717) is 30.1 Å². The molecule has 3 rings (SSSR count). The van der Waals surface area contributed by atoms with Gasteiger partial charge in [0.2, 0.25) is 0 Å². The summed E-state index contributed by atoms with van der Waals surface area (Å²) < 4.78 is 10.6. The molecule has 1 aromatic heterocycles. The van der Waals surface area contributed by atoms with Crippen molar-refractivity contribution in [3.05, 3.63) is 17.5 Å². The van der Waals surface area contributed by atoms with E-state index in [4.69, 9.17) is 9.26 Å². The van der Waals surface area contributed by atoms with Crippen molar-refractivity contribution in [1.29, 1.82) is 0 Å². The quantitative estimate of drug-likeness (QED) is 0.865. The fourth-order valence-corrected chi connectivity index (χ4v) is 2.94. The molecule has 1 amide bonds. The van der Waals surface area contributed by atoms with E-state index in [1.54, 1.807) is 6.07 Å². The number of hydrogen-bond donors (Lipinski definition) is 1. The number of nitrogens with one attached hydrogen (secondary N) is 1. The van der Waals surface area contributed by atoms with Gasteiger partial charge in [-0.15, -0.1) is 0 Å². The Bertz CT molecular complexity index is 504. The van der Waals surface area contributed by atoms with Crippen LogP contribution in [0, 0.1) is 5.92 Å². The zero-order valence-electron chi connectivity index (χ0n) is 13.4. The summed E-state index contributed by atoms with van der Waals surface area (Å²) in [7, 11) is 0. The molecule has 0 radical (unpaired) electrons. The van der Waals surface area contributed by atoms with E-state index in [1.807, 2.05) is 0 Å². The molecule has 1 saturated heterocycles. The first-order valence-corrected chi connectivity index (χ1v) is 8.21. The number of carbonyl (C=O) groups is 1. The lowest BCUT2D eigenvalue weighted by atomic mass is 10.0. The normalized spacial score (nSPS) is 21.0. The molecule has 1 unspecified atom stereocenters. The van der Waals surface area contributed by atoms with Gasteiger partial charge in [-0.2, -0.15) is 0 Å². The summed E-state index contributed by atoms with van der Waals surface area (Å²) in [5.74, 6) is 1.65. The predicted octanol–water partition coefficient (Wildman–Crippen LogP) is 1.64. The number of carbonyl (C=O) groups excluding carboxylic acids is 1. The van der Waals surface area contributed by atoms with Gasteiger partial charge in [0.1, 0.15) is 5.76 Å². The van der Waals surface area contributed by atoms with E-state index >= 15 is 0 Å². The molecule has 1 saturated carbocycles. The Morgan fingerprint density at radius 1 is 1.41 bits per heavy atom. The molecule has 6 heteroatoms. The highest BCUT2D eigenvalue weighted by molar-refractivity contribution is 5.92. The molecule has 2 heterocycles. The van der Waals surface area contributed by atoms with Crippen molar-refractivity contribution in [1.82, 2.24) is 15.4 Å². The van der Waals surface area contributed by atoms with E-state index in [1.165, 1.54) is 0 Å². The lowest BCUT2D eigenvalue weighted by Gasteiger charge is -2.36. The van der Waals surface area contributed by atoms with Gasteiger partial charge in [0.05, 0.1) is 13.2 Å². The molecule has 1 aliphatic heterocycles. The van der Waals surface area contributed by atoms with Crippen LogP contribution < -0.4 is 5.32 Å². The third-order valence-electron chi connectivity index (χ3n) is 4.50. The molecule has 1 aromatic rings. The molecule has 122 valence electrons. The van der Waals surface area contributed by atoms with Gasteiger partial charge in [-0.25, -0.2) is 0 Å². The van der Waals surface area contributed by atoms with Crippen LogP contribution in [0.5, 0.6) is 0 Å². The van der Waals surface area contributed by atoms with Crippen LogP contribution in [0.15, 0.2) is 10.6 Å². The number of amides is 1. The van der Waals surface area contributed by atoms with Crippen LogP contribution in [0.25, 0.3) is 0 Å². The highest BCUT2D eigenvalue weighted by Crippen LogP contribution is 2.40. The summed E-state index contributed by atoms with van der Waals surface area (Å²) in [5, 5.41) is 6.90. The molecule has 2 fully saturated rings. The van der Waals surface area contributed by atoms with Gasteiger partial charge in [0, 0.05) is 37.7 Å². The SMILES string of the molecule is CC(C)C(CNC(=O)c1cc(C2CC2)on1)N1CCOCC1. The fraction of sp³-hybridized carbons (Fsp3) is 0.750. The summed E-state index contributed by atoms with van der Waals surface area (Å²) in [5.41, 5.74) is 0.395. The number of rotatable bonds is 6. The summed E-state index contributed by atoms with van der Waals surface area (Å²) in [6.07, 6.45) is 2.28. The first-order chi connectivity index (χ1) is 10.6. The van der Waals surface area contributed by atoms with Crippen molar-refractivity contribution in [2.45, 2.75) is 38.6 Å². The van der Waals surface area contributed by atoms with Crippen molar-refractivity contribution >= 4 is 5.91 Å². The van der Waals surface area contributed by atoms with Crippen molar-refractivity contribution in [2.24, 2.45) is 5.92 Å². The van der Waals surface area contributed by atoms with E-state index in [9.17, 15) is 4.79 Å². The maximum Gasteiger partial charge on any atom is 0.273 e. The molecule has 1 N–H and O–H groups in total. The van der Waals surface area contributed by atoms with Gasteiger partial charge in [0.15, 0.2) is 5.69 Å². The van der Waals surface area contributed by atoms with Gasteiger partial charge in [-0.3, -0.25) is 9.69 Å². The number of hydrogen-bond acceptors (Lipinski definition) is 5. The van der Waals surface area contributed by atoms with E-state index in [-0.39, 0.29) is 5.91 Å². The number of ether oxygens (including phenoxy) is 1. The van der Waals surface area contributed by atoms with Gasteiger partial charge < -0.3 is 14.6 Å². The van der Waals surface area contributed by atoms with Gasteiger partial charge in [-0.05, 0) is 18.8 Å². The lowest BCUT2D eigenvalue weighted by molar-refractivity contribution is 0.00671. The van der Waals surface area contributed by atoms with Crippen LogP contribution in [0.3, 0.4) is 0 Å². The third kappa shape index (κ3) is 3.67. The Kier molecular flexibility index (Phi) is 4.78. The van der Waals surface area contributed by atoms with Crippen molar-refractivity contribution in [3.8, 4) is 0 Å². The van der Waals surface area contributed by atoms with Crippen molar-refractivity contribution in [3.63, 3.8) is 0 Å². The standard InChI is InChI=1S/C16H25N3O3/c1-11(2)14(19-5-7-21-8-6-19)10-17-16(20)13-9-15(22-18-13)12-3-4-12/h9,11-12,14H,3-8,10H2,1-2H3,(H,17,20). The Hall–Kier alpha value is -1.40. The second-order valence-electron chi connectivity index (χ2n) is 6.56. The fourth-order valence-electron chi connectivity index (χ4n) is 2.94. The summed E-state index contributed by atoms with van der Waals surface area (Å²) >= 11 is 0. The average molecular weight is 307 g/mol. The Balaban J connectivity index is 1.54.